The number of hydrogen-bond donors (Lipinski definition) is 0. The predicted octanol–water partition coefficient (Wildman–Crippen LogP) is 3.66. The fraction of sp³-hybridized carbons (Fsp3) is 0.667. The molecule has 1 unspecified atom stereocenters. The van der Waals surface area contributed by atoms with Gasteiger partial charge in [-0.2, -0.15) is 0 Å². The summed E-state index contributed by atoms with van der Waals surface area (Å²) in [5, 5.41) is 0. The average Bonchev–Trinajstić information content (AvgIpc) is 2.64. The Morgan fingerprint density at radius 2 is 2.47 bits per heavy atom. The summed E-state index contributed by atoms with van der Waals surface area (Å²) in [5.41, 5.74) is 1.28. The van der Waals surface area contributed by atoms with Gasteiger partial charge in [-0.05, 0) is 47.3 Å². The Hall–Kier alpha value is -0.280. The van der Waals surface area contributed by atoms with Crippen LogP contribution in [0.4, 0.5) is 0 Å². The van der Waals surface area contributed by atoms with Crippen molar-refractivity contribution in [2.45, 2.75) is 32.7 Å². The van der Waals surface area contributed by atoms with Crippen LogP contribution in [0.3, 0.4) is 0 Å². The van der Waals surface area contributed by atoms with Gasteiger partial charge in [0, 0.05) is 18.7 Å². The fourth-order valence-electron chi connectivity index (χ4n) is 2.32. The van der Waals surface area contributed by atoms with E-state index in [1.54, 1.807) is 0 Å². The lowest BCUT2D eigenvalue weighted by Gasteiger charge is -2.31. The lowest BCUT2D eigenvalue weighted by molar-refractivity contribution is 0.164. The molecule has 0 spiro atoms. The van der Waals surface area contributed by atoms with Gasteiger partial charge in [0.25, 0.3) is 0 Å². The largest absolute Gasteiger partial charge is 0.457 e. The SMILES string of the molecule is CCC1CCCN(Cc2coc(Br)c2)C1. The zero-order valence-corrected chi connectivity index (χ0v) is 10.8. The maximum atomic E-state index is 5.25. The molecule has 2 nitrogen and oxygen atoms in total. The summed E-state index contributed by atoms with van der Waals surface area (Å²) in [6.45, 7) is 5.81. The molecule has 1 atom stereocenters. The van der Waals surface area contributed by atoms with Crippen LogP contribution in [-0.2, 0) is 6.54 Å². The number of rotatable bonds is 3. The van der Waals surface area contributed by atoms with E-state index in [1.807, 2.05) is 6.26 Å². The molecule has 0 amide bonds. The third-order valence-electron chi connectivity index (χ3n) is 3.21. The first-order valence-corrected chi connectivity index (χ1v) is 6.52. The van der Waals surface area contributed by atoms with Crippen LogP contribution in [0.5, 0.6) is 0 Å². The number of likely N-dealkylation sites (tertiary alicyclic amines) is 1. The molecule has 0 bridgehead atoms. The minimum absolute atomic E-state index is 0.835. The molecular formula is C12H18BrNO. The smallest absolute Gasteiger partial charge is 0.169 e. The molecule has 0 aliphatic carbocycles. The Bertz CT molecular complexity index is 310. The van der Waals surface area contributed by atoms with Crippen LogP contribution in [0.2, 0.25) is 0 Å². The zero-order valence-electron chi connectivity index (χ0n) is 9.21. The highest BCUT2D eigenvalue weighted by Gasteiger charge is 2.18. The summed E-state index contributed by atoms with van der Waals surface area (Å²) in [7, 11) is 0. The van der Waals surface area contributed by atoms with Gasteiger partial charge in [-0.1, -0.05) is 13.3 Å². The molecule has 0 aromatic carbocycles. The first kappa shape index (κ1) is 11.2. The van der Waals surface area contributed by atoms with Crippen molar-refractivity contribution in [1.82, 2.24) is 4.90 Å². The highest BCUT2D eigenvalue weighted by molar-refractivity contribution is 9.10. The van der Waals surface area contributed by atoms with E-state index < -0.39 is 0 Å². The minimum atomic E-state index is 0.835. The van der Waals surface area contributed by atoms with Crippen molar-refractivity contribution in [3.05, 3.63) is 22.6 Å². The van der Waals surface area contributed by atoms with E-state index in [-0.39, 0.29) is 0 Å². The first-order chi connectivity index (χ1) is 7.28. The van der Waals surface area contributed by atoms with Gasteiger partial charge in [-0.3, -0.25) is 4.90 Å². The van der Waals surface area contributed by atoms with Crippen LogP contribution < -0.4 is 0 Å². The van der Waals surface area contributed by atoms with Crippen LogP contribution in [-0.4, -0.2) is 18.0 Å². The van der Waals surface area contributed by atoms with Crippen molar-refractivity contribution in [3.8, 4) is 0 Å². The van der Waals surface area contributed by atoms with Gasteiger partial charge in [0.1, 0.15) is 0 Å². The fourth-order valence-corrected chi connectivity index (χ4v) is 2.70. The van der Waals surface area contributed by atoms with E-state index in [0.29, 0.717) is 0 Å². The molecule has 2 rings (SSSR count). The molecule has 0 radical (unpaired) electrons. The zero-order chi connectivity index (χ0) is 10.7. The lowest BCUT2D eigenvalue weighted by Crippen LogP contribution is -2.34. The summed E-state index contributed by atoms with van der Waals surface area (Å²) < 4.78 is 6.08. The maximum Gasteiger partial charge on any atom is 0.169 e. The van der Waals surface area contributed by atoms with Crippen molar-refractivity contribution in [2.75, 3.05) is 13.1 Å². The molecule has 1 fully saturated rings. The number of furan rings is 1. The number of piperidine rings is 1. The van der Waals surface area contributed by atoms with Crippen LogP contribution in [0.15, 0.2) is 21.4 Å². The van der Waals surface area contributed by atoms with Gasteiger partial charge in [-0.15, -0.1) is 0 Å². The Kier molecular flexibility index (Phi) is 3.87. The Morgan fingerprint density at radius 1 is 1.60 bits per heavy atom. The molecule has 0 N–H and O–H groups in total. The van der Waals surface area contributed by atoms with Crippen molar-refractivity contribution in [3.63, 3.8) is 0 Å². The van der Waals surface area contributed by atoms with Crippen LogP contribution in [0.1, 0.15) is 31.7 Å². The molecule has 1 aromatic heterocycles. The molecule has 0 saturated carbocycles. The molecule has 1 aliphatic heterocycles. The molecule has 3 heteroatoms. The van der Waals surface area contributed by atoms with Crippen molar-refractivity contribution >= 4 is 15.9 Å². The van der Waals surface area contributed by atoms with E-state index in [1.165, 1.54) is 37.9 Å². The lowest BCUT2D eigenvalue weighted by atomic mass is 9.95. The van der Waals surface area contributed by atoms with E-state index in [9.17, 15) is 0 Å². The first-order valence-electron chi connectivity index (χ1n) is 5.73. The highest BCUT2D eigenvalue weighted by atomic mass is 79.9. The number of nitrogens with zero attached hydrogens (tertiary/aromatic N) is 1. The maximum absolute atomic E-state index is 5.25. The van der Waals surface area contributed by atoms with E-state index in [0.717, 1.165) is 17.1 Å². The Balaban J connectivity index is 1.88. The standard InChI is InChI=1S/C12H18BrNO/c1-2-10-4-3-5-14(7-10)8-11-6-12(13)15-9-11/h6,9-10H,2-5,7-8H2,1H3. The van der Waals surface area contributed by atoms with Gasteiger partial charge in [0.15, 0.2) is 4.67 Å². The predicted molar refractivity (Wildman–Crippen MR) is 64.7 cm³/mol. The Morgan fingerprint density at radius 3 is 3.13 bits per heavy atom. The van der Waals surface area contributed by atoms with Crippen LogP contribution in [0, 0.1) is 5.92 Å². The van der Waals surface area contributed by atoms with Crippen LogP contribution >= 0.6 is 15.9 Å². The van der Waals surface area contributed by atoms with Gasteiger partial charge in [-0.25, -0.2) is 0 Å². The van der Waals surface area contributed by atoms with Gasteiger partial charge in [0.2, 0.25) is 0 Å². The van der Waals surface area contributed by atoms with Crippen molar-refractivity contribution in [2.24, 2.45) is 5.92 Å². The second kappa shape index (κ2) is 5.17. The van der Waals surface area contributed by atoms with Crippen molar-refractivity contribution in [1.29, 1.82) is 0 Å². The third kappa shape index (κ3) is 3.08. The van der Waals surface area contributed by atoms with E-state index in [2.05, 4.69) is 33.8 Å². The molecule has 15 heavy (non-hydrogen) atoms. The molecule has 1 aromatic rings. The van der Waals surface area contributed by atoms with Gasteiger partial charge < -0.3 is 4.42 Å². The third-order valence-corrected chi connectivity index (χ3v) is 3.62. The summed E-state index contributed by atoms with van der Waals surface area (Å²) in [5.74, 6) is 0.897. The Labute approximate surface area is 99.8 Å². The summed E-state index contributed by atoms with van der Waals surface area (Å²) in [4.78, 5) is 2.54. The van der Waals surface area contributed by atoms with Gasteiger partial charge in [0.05, 0.1) is 6.26 Å². The van der Waals surface area contributed by atoms with E-state index >= 15 is 0 Å². The molecular weight excluding hydrogens is 254 g/mol. The normalized spacial score (nSPS) is 23.2. The second-order valence-electron chi connectivity index (χ2n) is 4.41. The molecule has 84 valence electrons. The molecule has 1 saturated heterocycles. The number of halogens is 1. The van der Waals surface area contributed by atoms with Crippen LogP contribution in [0.25, 0.3) is 0 Å². The minimum Gasteiger partial charge on any atom is -0.457 e. The highest BCUT2D eigenvalue weighted by Crippen LogP contribution is 2.22. The quantitative estimate of drug-likeness (QED) is 0.834. The summed E-state index contributed by atoms with van der Waals surface area (Å²) in [6, 6.07) is 2.07. The van der Waals surface area contributed by atoms with Crippen molar-refractivity contribution < 1.29 is 4.42 Å². The number of hydrogen-bond acceptors (Lipinski definition) is 2. The molecule has 1 aliphatic rings. The molecule has 2 heterocycles. The monoisotopic (exact) mass is 271 g/mol. The van der Waals surface area contributed by atoms with Gasteiger partial charge >= 0.3 is 0 Å². The summed E-state index contributed by atoms with van der Waals surface area (Å²) >= 11 is 3.34. The topological polar surface area (TPSA) is 16.4 Å². The second-order valence-corrected chi connectivity index (χ2v) is 5.19. The summed E-state index contributed by atoms with van der Waals surface area (Å²) in [6.07, 6.45) is 5.91. The average molecular weight is 272 g/mol. The van der Waals surface area contributed by atoms with E-state index in [4.69, 9.17) is 4.42 Å².